The molecule has 2 atom stereocenters. The molecule has 1 aromatic heterocycles. The van der Waals surface area contributed by atoms with Crippen LogP contribution in [0.4, 0.5) is 10.6 Å². The lowest BCUT2D eigenvalue weighted by atomic mass is 9.91. The minimum absolute atomic E-state index is 0.126. The van der Waals surface area contributed by atoms with E-state index in [4.69, 9.17) is 4.74 Å². The van der Waals surface area contributed by atoms with Gasteiger partial charge in [-0.1, -0.05) is 42.9 Å². The van der Waals surface area contributed by atoms with Gasteiger partial charge in [0.25, 0.3) is 0 Å². The number of benzene rings is 1. The number of hydrogen-bond donors (Lipinski definition) is 1. The number of aromatic nitrogens is 2. The third-order valence-electron chi connectivity index (χ3n) is 5.97. The number of anilines is 1. The van der Waals surface area contributed by atoms with Crippen LogP contribution in [0.25, 0.3) is 6.08 Å². The predicted octanol–water partition coefficient (Wildman–Crippen LogP) is 5.17. The van der Waals surface area contributed by atoms with Gasteiger partial charge in [-0.15, -0.1) is 5.10 Å². The van der Waals surface area contributed by atoms with Gasteiger partial charge in [-0.3, -0.25) is 5.32 Å². The Morgan fingerprint density at radius 3 is 3.00 bits per heavy atom. The lowest BCUT2D eigenvalue weighted by Gasteiger charge is -2.33. The predicted molar refractivity (Wildman–Crippen MR) is 123 cm³/mol. The van der Waals surface area contributed by atoms with Gasteiger partial charge in [0, 0.05) is 19.3 Å². The Labute approximate surface area is 184 Å². The lowest BCUT2D eigenvalue weighted by molar-refractivity contribution is 0.197. The third kappa shape index (κ3) is 5.94. The summed E-state index contributed by atoms with van der Waals surface area (Å²) in [5.74, 6) is 2.31. The molecule has 31 heavy (non-hydrogen) atoms. The molecule has 1 fully saturated rings. The monoisotopic (exact) mass is 418 g/mol. The summed E-state index contributed by atoms with van der Waals surface area (Å²) in [6, 6.07) is 11.7. The zero-order chi connectivity index (χ0) is 21.5. The van der Waals surface area contributed by atoms with E-state index in [-0.39, 0.29) is 6.03 Å². The quantitative estimate of drug-likeness (QED) is 0.680. The van der Waals surface area contributed by atoms with Crippen molar-refractivity contribution in [3.8, 4) is 5.75 Å². The van der Waals surface area contributed by atoms with Gasteiger partial charge in [0.15, 0.2) is 5.82 Å². The molecule has 0 saturated carbocycles. The fourth-order valence-corrected chi connectivity index (χ4v) is 4.14. The highest BCUT2D eigenvalue weighted by atomic mass is 16.5. The van der Waals surface area contributed by atoms with E-state index in [1.807, 2.05) is 11.0 Å². The van der Waals surface area contributed by atoms with Crippen molar-refractivity contribution in [3.05, 3.63) is 65.9 Å². The number of hydrogen-bond acceptors (Lipinski definition) is 4. The van der Waals surface area contributed by atoms with Crippen LogP contribution in [-0.2, 0) is 0 Å². The molecular weight excluding hydrogens is 388 g/mol. The molecule has 2 heterocycles. The molecule has 0 spiro atoms. The molecule has 1 aromatic carbocycles. The zero-order valence-electron chi connectivity index (χ0n) is 18.0. The number of carbonyl (C=O) groups is 1. The number of amides is 2. The van der Waals surface area contributed by atoms with Crippen molar-refractivity contribution in [1.29, 1.82) is 0 Å². The van der Waals surface area contributed by atoms with Crippen molar-refractivity contribution >= 4 is 17.9 Å². The maximum Gasteiger partial charge on any atom is 0.323 e. The normalized spacial score (nSPS) is 22.4. The number of likely N-dealkylation sites (tertiary alicyclic amines) is 1. The summed E-state index contributed by atoms with van der Waals surface area (Å²) in [6.45, 7) is 4.32. The molecule has 0 bridgehead atoms. The molecule has 1 aliphatic heterocycles. The van der Waals surface area contributed by atoms with Crippen molar-refractivity contribution < 1.29 is 9.53 Å². The summed E-state index contributed by atoms with van der Waals surface area (Å²) in [5.41, 5.74) is 2.51. The molecule has 1 N–H and O–H groups in total. The first-order valence-corrected chi connectivity index (χ1v) is 11.1. The minimum Gasteiger partial charge on any atom is -0.493 e. The number of piperidine rings is 1. The summed E-state index contributed by atoms with van der Waals surface area (Å²) in [4.78, 5) is 14.4. The maximum absolute atomic E-state index is 12.5. The van der Waals surface area contributed by atoms with E-state index in [1.54, 1.807) is 18.3 Å². The average Bonchev–Trinajstić information content (AvgIpc) is 2.81. The van der Waals surface area contributed by atoms with Crippen molar-refractivity contribution in [2.75, 3.05) is 25.0 Å². The van der Waals surface area contributed by atoms with E-state index in [0.717, 1.165) is 37.2 Å². The van der Waals surface area contributed by atoms with Gasteiger partial charge in [-0.25, -0.2) is 4.79 Å². The van der Waals surface area contributed by atoms with Gasteiger partial charge in [0.2, 0.25) is 0 Å². The lowest BCUT2D eigenvalue weighted by Crippen LogP contribution is -2.42. The smallest absolute Gasteiger partial charge is 0.323 e. The van der Waals surface area contributed by atoms with Gasteiger partial charge in [0.1, 0.15) is 5.75 Å². The standard InChI is InChI=1S/C25H30N4O2/c1-19-17-29(25(30)27-24-11-6-13-26-28-24)14-12-22(19)15-21-9-5-10-23(16-21)31-18-20-7-3-2-4-8-20/h2-3,5-6,9-11,13,15-16,19-20H,4,7-8,12,14,17-18H2,1H3,(H,27,28,30). The number of nitrogens with zero attached hydrogens (tertiary/aromatic N) is 3. The second kappa shape index (κ2) is 10.2. The highest BCUT2D eigenvalue weighted by Gasteiger charge is 2.24. The van der Waals surface area contributed by atoms with Crippen LogP contribution in [0, 0.1) is 11.8 Å². The van der Waals surface area contributed by atoms with Crippen molar-refractivity contribution in [1.82, 2.24) is 15.1 Å². The summed E-state index contributed by atoms with van der Waals surface area (Å²) in [6.07, 6.45) is 12.7. The molecule has 2 unspecified atom stereocenters. The maximum atomic E-state index is 12.5. The molecule has 162 valence electrons. The first-order valence-electron chi connectivity index (χ1n) is 11.1. The molecule has 6 nitrogen and oxygen atoms in total. The Morgan fingerprint density at radius 1 is 1.29 bits per heavy atom. The van der Waals surface area contributed by atoms with Crippen molar-refractivity contribution in [2.24, 2.45) is 11.8 Å². The van der Waals surface area contributed by atoms with Gasteiger partial charge in [-0.2, -0.15) is 5.10 Å². The number of carbonyl (C=O) groups excluding carboxylic acids is 1. The van der Waals surface area contributed by atoms with Crippen molar-refractivity contribution in [3.63, 3.8) is 0 Å². The fourth-order valence-electron chi connectivity index (χ4n) is 4.14. The van der Waals surface area contributed by atoms with Crippen LogP contribution >= 0.6 is 0 Å². The first-order chi connectivity index (χ1) is 15.2. The summed E-state index contributed by atoms with van der Waals surface area (Å²) in [7, 11) is 0. The summed E-state index contributed by atoms with van der Waals surface area (Å²) in [5, 5.41) is 10.5. The average molecular weight is 419 g/mol. The van der Waals surface area contributed by atoms with E-state index in [2.05, 4.69) is 58.9 Å². The van der Waals surface area contributed by atoms with Gasteiger partial charge in [0.05, 0.1) is 6.61 Å². The van der Waals surface area contributed by atoms with Crippen LogP contribution in [0.2, 0.25) is 0 Å². The molecule has 1 aliphatic carbocycles. The SMILES string of the molecule is CC1CN(C(=O)Nc2cccnn2)CCC1=Cc1cccc(OCC2CC=CCC2)c1. The van der Waals surface area contributed by atoms with Gasteiger partial charge < -0.3 is 9.64 Å². The highest BCUT2D eigenvalue weighted by Crippen LogP contribution is 2.27. The second-order valence-electron chi connectivity index (χ2n) is 8.39. The molecule has 0 radical (unpaired) electrons. The van der Waals surface area contributed by atoms with E-state index in [9.17, 15) is 4.79 Å². The topological polar surface area (TPSA) is 67.4 Å². The molecule has 2 aromatic rings. The number of ether oxygens (including phenoxy) is 1. The van der Waals surface area contributed by atoms with Crippen LogP contribution in [0.5, 0.6) is 5.75 Å². The third-order valence-corrected chi connectivity index (χ3v) is 5.97. The Balaban J connectivity index is 1.33. The van der Waals surface area contributed by atoms with Crippen LogP contribution in [0.3, 0.4) is 0 Å². The molecule has 2 amide bonds. The number of urea groups is 1. The Kier molecular flexibility index (Phi) is 6.97. The Morgan fingerprint density at radius 2 is 2.23 bits per heavy atom. The minimum atomic E-state index is -0.126. The molecule has 4 rings (SSSR count). The van der Waals surface area contributed by atoms with E-state index in [0.29, 0.717) is 30.7 Å². The molecule has 1 saturated heterocycles. The number of rotatable bonds is 5. The van der Waals surface area contributed by atoms with E-state index >= 15 is 0 Å². The van der Waals surface area contributed by atoms with Gasteiger partial charge in [-0.05, 0) is 67.3 Å². The van der Waals surface area contributed by atoms with Crippen LogP contribution in [-0.4, -0.2) is 40.8 Å². The van der Waals surface area contributed by atoms with Crippen molar-refractivity contribution in [2.45, 2.75) is 32.6 Å². The second-order valence-corrected chi connectivity index (χ2v) is 8.39. The Hall–Kier alpha value is -3.15. The largest absolute Gasteiger partial charge is 0.493 e. The first kappa shape index (κ1) is 21.1. The van der Waals surface area contributed by atoms with Crippen LogP contribution in [0.15, 0.2) is 60.3 Å². The van der Waals surface area contributed by atoms with E-state index < -0.39 is 0 Å². The molecule has 2 aliphatic rings. The van der Waals surface area contributed by atoms with Crippen LogP contribution < -0.4 is 10.1 Å². The van der Waals surface area contributed by atoms with Crippen LogP contribution in [0.1, 0.15) is 38.2 Å². The highest BCUT2D eigenvalue weighted by molar-refractivity contribution is 5.88. The van der Waals surface area contributed by atoms with Gasteiger partial charge >= 0.3 is 6.03 Å². The number of allylic oxidation sites excluding steroid dienone is 2. The Bertz CT molecular complexity index is 942. The fraction of sp³-hybridized carbons (Fsp3) is 0.400. The van der Waals surface area contributed by atoms with E-state index in [1.165, 1.54) is 12.0 Å². The summed E-state index contributed by atoms with van der Waals surface area (Å²) < 4.78 is 6.07. The summed E-state index contributed by atoms with van der Waals surface area (Å²) >= 11 is 0. The zero-order valence-corrected chi connectivity index (χ0v) is 18.0. The molecule has 6 heteroatoms. The molecular formula is C25H30N4O2. The number of nitrogens with one attached hydrogen (secondary N) is 1.